The van der Waals surface area contributed by atoms with Crippen molar-refractivity contribution in [3.63, 3.8) is 0 Å². The Labute approximate surface area is 82.1 Å². The van der Waals surface area contributed by atoms with E-state index in [1.165, 1.54) is 0 Å². The van der Waals surface area contributed by atoms with Crippen LogP contribution in [0.3, 0.4) is 0 Å². The van der Waals surface area contributed by atoms with E-state index < -0.39 is 0 Å². The number of amides is 2. The zero-order valence-corrected chi connectivity index (χ0v) is 8.33. The largest absolute Gasteiger partial charge is 0.292 e. The summed E-state index contributed by atoms with van der Waals surface area (Å²) >= 11 is 0. The minimum absolute atomic E-state index is 0.0988. The predicted molar refractivity (Wildman–Crippen MR) is 49.5 cm³/mol. The van der Waals surface area contributed by atoms with Crippen molar-refractivity contribution in [2.45, 2.75) is 33.1 Å². The summed E-state index contributed by atoms with van der Waals surface area (Å²) in [4.78, 5) is 22.7. The van der Waals surface area contributed by atoms with Crippen molar-refractivity contribution in [3.8, 4) is 0 Å². The lowest BCUT2D eigenvalue weighted by atomic mass is 9.73. The standard InChI is InChI=1S/C10H12N2O2/c1-10(2)4-3-6-7(5-10)9(14)12-11-8(6)13/h3-5H2,1-2H3. The van der Waals surface area contributed by atoms with Crippen LogP contribution in [0.25, 0.3) is 0 Å². The Morgan fingerprint density at radius 3 is 2.29 bits per heavy atom. The molecule has 0 atom stereocenters. The molecule has 0 bridgehead atoms. The van der Waals surface area contributed by atoms with Gasteiger partial charge in [0, 0.05) is 11.1 Å². The molecule has 1 aliphatic carbocycles. The quantitative estimate of drug-likeness (QED) is 0.589. The van der Waals surface area contributed by atoms with Gasteiger partial charge in [0.05, 0.1) is 0 Å². The Morgan fingerprint density at radius 2 is 1.64 bits per heavy atom. The van der Waals surface area contributed by atoms with Crippen LogP contribution in [0.15, 0.2) is 21.4 Å². The summed E-state index contributed by atoms with van der Waals surface area (Å²) in [6.07, 6.45) is 2.23. The zero-order valence-electron chi connectivity index (χ0n) is 8.33. The number of carbonyl (C=O) groups is 2. The fraction of sp³-hybridized carbons (Fsp3) is 0.600. The first-order chi connectivity index (χ1) is 6.49. The summed E-state index contributed by atoms with van der Waals surface area (Å²) in [6.45, 7) is 4.20. The SMILES string of the molecule is CC1(C)CCC2=C(C1)C(=O)N=NC2=O. The van der Waals surface area contributed by atoms with Crippen molar-refractivity contribution >= 4 is 11.8 Å². The number of hydrogen-bond donors (Lipinski definition) is 0. The van der Waals surface area contributed by atoms with Crippen LogP contribution in [-0.2, 0) is 9.59 Å². The molecule has 0 saturated carbocycles. The lowest BCUT2D eigenvalue weighted by Gasteiger charge is -2.31. The van der Waals surface area contributed by atoms with E-state index >= 15 is 0 Å². The molecule has 14 heavy (non-hydrogen) atoms. The molecule has 0 aromatic carbocycles. The molecule has 0 unspecified atom stereocenters. The van der Waals surface area contributed by atoms with E-state index in [9.17, 15) is 9.59 Å². The van der Waals surface area contributed by atoms with E-state index in [-0.39, 0.29) is 17.2 Å². The lowest BCUT2D eigenvalue weighted by Crippen LogP contribution is -2.26. The van der Waals surface area contributed by atoms with Crippen molar-refractivity contribution < 1.29 is 9.59 Å². The second kappa shape index (κ2) is 2.83. The van der Waals surface area contributed by atoms with Crippen molar-refractivity contribution in [1.29, 1.82) is 0 Å². The molecule has 0 aromatic heterocycles. The smallest absolute Gasteiger partial charge is 0.265 e. The average molecular weight is 192 g/mol. The second-order valence-electron chi connectivity index (χ2n) is 4.61. The van der Waals surface area contributed by atoms with Crippen molar-refractivity contribution in [3.05, 3.63) is 11.1 Å². The van der Waals surface area contributed by atoms with Gasteiger partial charge in [-0.25, -0.2) is 0 Å². The van der Waals surface area contributed by atoms with Gasteiger partial charge < -0.3 is 0 Å². The van der Waals surface area contributed by atoms with Crippen LogP contribution >= 0.6 is 0 Å². The van der Waals surface area contributed by atoms with Gasteiger partial charge in [0.15, 0.2) is 0 Å². The monoisotopic (exact) mass is 192 g/mol. The third-order valence-corrected chi connectivity index (χ3v) is 2.82. The fourth-order valence-corrected chi connectivity index (χ4v) is 1.94. The van der Waals surface area contributed by atoms with E-state index in [2.05, 4.69) is 24.1 Å². The molecule has 2 amide bonds. The average Bonchev–Trinajstić information content (AvgIpc) is 2.10. The highest BCUT2D eigenvalue weighted by atomic mass is 16.2. The molecule has 0 saturated heterocycles. The van der Waals surface area contributed by atoms with Gasteiger partial charge in [-0.2, -0.15) is 0 Å². The lowest BCUT2D eigenvalue weighted by molar-refractivity contribution is -0.121. The normalized spacial score (nSPS) is 25.3. The number of nitrogens with zero attached hydrogens (tertiary/aromatic N) is 2. The Balaban J connectivity index is 2.40. The van der Waals surface area contributed by atoms with E-state index in [0.29, 0.717) is 24.0 Å². The topological polar surface area (TPSA) is 58.9 Å². The van der Waals surface area contributed by atoms with Crippen LogP contribution in [-0.4, -0.2) is 11.8 Å². The van der Waals surface area contributed by atoms with Gasteiger partial charge in [0.1, 0.15) is 0 Å². The second-order valence-corrected chi connectivity index (χ2v) is 4.61. The highest BCUT2D eigenvalue weighted by Crippen LogP contribution is 2.40. The van der Waals surface area contributed by atoms with Crippen molar-refractivity contribution in [2.24, 2.45) is 15.6 Å². The Hall–Kier alpha value is -1.32. The van der Waals surface area contributed by atoms with Crippen molar-refractivity contribution in [1.82, 2.24) is 0 Å². The molecule has 0 aromatic rings. The highest BCUT2D eigenvalue weighted by Gasteiger charge is 2.35. The number of hydrogen-bond acceptors (Lipinski definition) is 2. The Morgan fingerprint density at radius 1 is 1.07 bits per heavy atom. The minimum Gasteiger partial charge on any atom is -0.265 e. The van der Waals surface area contributed by atoms with Gasteiger partial charge in [-0.1, -0.05) is 13.8 Å². The van der Waals surface area contributed by atoms with Crippen LogP contribution in [0.4, 0.5) is 0 Å². The van der Waals surface area contributed by atoms with Crippen LogP contribution in [0, 0.1) is 5.41 Å². The summed E-state index contributed by atoms with van der Waals surface area (Å²) in [5, 5.41) is 6.66. The molecular formula is C10H12N2O2. The number of azo groups is 1. The summed E-state index contributed by atoms with van der Waals surface area (Å²) in [6, 6.07) is 0. The molecule has 1 heterocycles. The number of rotatable bonds is 0. The Kier molecular flexibility index (Phi) is 1.87. The van der Waals surface area contributed by atoms with Gasteiger partial charge in [0.25, 0.3) is 11.8 Å². The molecule has 0 N–H and O–H groups in total. The Bertz CT molecular complexity index is 378. The molecular weight excluding hydrogens is 180 g/mol. The predicted octanol–water partition coefficient (Wildman–Crippen LogP) is 2.01. The van der Waals surface area contributed by atoms with Crippen LogP contribution in [0.2, 0.25) is 0 Å². The van der Waals surface area contributed by atoms with Crippen LogP contribution < -0.4 is 0 Å². The first-order valence-corrected chi connectivity index (χ1v) is 4.72. The molecule has 4 nitrogen and oxygen atoms in total. The van der Waals surface area contributed by atoms with E-state index in [1.54, 1.807) is 0 Å². The van der Waals surface area contributed by atoms with Gasteiger partial charge in [-0.15, -0.1) is 10.2 Å². The van der Waals surface area contributed by atoms with Gasteiger partial charge >= 0.3 is 0 Å². The highest BCUT2D eigenvalue weighted by molar-refractivity contribution is 6.08. The van der Waals surface area contributed by atoms with E-state index in [1.807, 2.05) is 0 Å². The molecule has 4 heteroatoms. The summed E-state index contributed by atoms with van der Waals surface area (Å²) in [7, 11) is 0. The minimum atomic E-state index is -0.327. The molecule has 0 fully saturated rings. The molecule has 2 rings (SSSR count). The summed E-state index contributed by atoms with van der Waals surface area (Å²) in [5.74, 6) is -0.650. The molecule has 2 aliphatic rings. The van der Waals surface area contributed by atoms with Gasteiger partial charge in [-0.05, 0) is 24.7 Å². The van der Waals surface area contributed by atoms with E-state index in [0.717, 1.165) is 6.42 Å². The third kappa shape index (κ3) is 1.41. The van der Waals surface area contributed by atoms with Crippen molar-refractivity contribution in [2.75, 3.05) is 0 Å². The summed E-state index contributed by atoms with van der Waals surface area (Å²) < 4.78 is 0. The maximum atomic E-state index is 11.4. The molecule has 74 valence electrons. The maximum Gasteiger partial charge on any atom is 0.292 e. The first kappa shape index (κ1) is 9.24. The fourth-order valence-electron chi connectivity index (χ4n) is 1.94. The zero-order chi connectivity index (χ0) is 10.3. The molecule has 0 radical (unpaired) electrons. The molecule has 0 spiro atoms. The molecule has 1 aliphatic heterocycles. The van der Waals surface area contributed by atoms with Gasteiger partial charge in [0.2, 0.25) is 0 Å². The first-order valence-electron chi connectivity index (χ1n) is 4.72. The van der Waals surface area contributed by atoms with Crippen LogP contribution in [0.5, 0.6) is 0 Å². The van der Waals surface area contributed by atoms with Gasteiger partial charge in [-0.3, -0.25) is 9.59 Å². The van der Waals surface area contributed by atoms with Crippen LogP contribution in [0.1, 0.15) is 33.1 Å². The van der Waals surface area contributed by atoms with E-state index in [4.69, 9.17) is 0 Å². The third-order valence-electron chi connectivity index (χ3n) is 2.82. The summed E-state index contributed by atoms with van der Waals surface area (Å²) in [5.41, 5.74) is 1.27. The maximum absolute atomic E-state index is 11.4. The number of carbonyl (C=O) groups excluding carboxylic acids is 2.